The molecular weight excluding hydrogens is 288 g/mol. The summed E-state index contributed by atoms with van der Waals surface area (Å²) in [5.41, 5.74) is 1.11. The van der Waals surface area contributed by atoms with Crippen molar-refractivity contribution < 1.29 is 14.7 Å². The van der Waals surface area contributed by atoms with Gasteiger partial charge in [0, 0.05) is 24.9 Å². The molecule has 0 unspecified atom stereocenters. The van der Waals surface area contributed by atoms with Crippen LogP contribution in [0.2, 0.25) is 0 Å². The van der Waals surface area contributed by atoms with Crippen molar-refractivity contribution in [3.63, 3.8) is 0 Å². The topological polar surface area (TPSA) is 69.6 Å². The van der Waals surface area contributed by atoms with Crippen LogP contribution < -0.4 is 5.32 Å². The summed E-state index contributed by atoms with van der Waals surface area (Å²) < 4.78 is 0. The molecule has 0 spiro atoms. The molecule has 6 heteroatoms. The summed E-state index contributed by atoms with van der Waals surface area (Å²) in [7, 11) is 1.68. The average molecular weight is 310 g/mol. The molecule has 2 N–H and O–H groups in total. The standard InChI is InChI=1S/C15H22N2O3S/c1-10-12(8-13(21-10)15(19)20)9-17-5-3-11(4-6-17)7-14(18)16-2/h8,11H,3-7,9H2,1-2H3,(H,16,18)(H,19,20). The fourth-order valence-electron chi connectivity index (χ4n) is 2.74. The molecule has 5 nitrogen and oxygen atoms in total. The Morgan fingerprint density at radius 2 is 2.10 bits per heavy atom. The van der Waals surface area contributed by atoms with Gasteiger partial charge in [-0.2, -0.15) is 0 Å². The van der Waals surface area contributed by atoms with Crippen LogP contribution in [0.3, 0.4) is 0 Å². The Morgan fingerprint density at radius 1 is 1.43 bits per heavy atom. The fourth-order valence-corrected chi connectivity index (χ4v) is 3.61. The third-order valence-electron chi connectivity index (χ3n) is 4.09. The first-order chi connectivity index (χ1) is 9.99. The monoisotopic (exact) mass is 310 g/mol. The SMILES string of the molecule is CNC(=O)CC1CCN(Cc2cc(C(=O)O)sc2C)CC1. The van der Waals surface area contributed by atoms with Gasteiger partial charge in [-0.15, -0.1) is 11.3 Å². The van der Waals surface area contributed by atoms with E-state index in [4.69, 9.17) is 5.11 Å². The van der Waals surface area contributed by atoms with Gasteiger partial charge in [-0.1, -0.05) is 0 Å². The van der Waals surface area contributed by atoms with E-state index in [9.17, 15) is 9.59 Å². The molecule has 1 aliphatic rings. The number of aromatic carboxylic acids is 1. The maximum atomic E-state index is 11.4. The Balaban J connectivity index is 1.86. The zero-order chi connectivity index (χ0) is 15.4. The number of nitrogens with one attached hydrogen (secondary N) is 1. The number of carboxylic acids is 1. The second kappa shape index (κ2) is 7.04. The Bertz CT molecular complexity index is 519. The minimum absolute atomic E-state index is 0.119. The number of piperidine rings is 1. The first-order valence-electron chi connectivity index (χ1n) is 7.25. The van der Waals surface area contributed by atoms with Gasteiger partial charge in [0.1, 0.15) is 4.88 Å². The number of amides is 1. The van der Waals surface area contributed by atoms with E-state index < -0.39 is 5.97 Å². The first-order valence-corrected chi connectivity index (χ1v) is 8.06. The minimum atomic E-state index is -0.848. The molecule has 0 atom stereocenters. The van der Waals surface area contributed by atoms with Crippen molar-refractivity contribution in [3.8, 4) is 0 Å². The van der Waals surface area contributed by atoms with Crippen molar-refractivity contribution in [3.05, 3.63) is 21.4 Å². The summed E-state index contributed by atoms with van der Waals surface area (Å²) in [5, 5.41) is 11.7. The van der Waals surface area contributed by atoms with E-state index in [0.717, 1.165) is 42.9 Å². The molecule has 0 saturated carbocycles. The number of hydrogen-bond donors (Lipinski definition) is 2. The highest BCUT2D eigenvalue weighted by Gasteiger charge is 2.22. The van der Waals surface area contributed by atoms with Crippen LogP contribution in [-0.2, 0) is 11.3 Å². The van der Waals surface area contributed by atoms with Crippen molar-refractivity contribution in [2.24, 2.45) is 5.92 Å². The maximum Gasteiger partial charge on any atom is 0.345 e. The summed E-state index contributed by atoms with van der Waals surface area (Å²) in [6, 6.07) is 1.79. The lowest BCUT2D eigenvalue weighted by atomic mass is 9.93. The molecule has 1 amide bonds. The van der Waals surface area contributed by atoms with Crippen LogP contribution in [0.1, 0.15) is 39.4 Å². The van der Waals surface area contributed by atoms with Crippen LogP contribution in [0.5, 0.6) is 0 Å². The second-order valence-corrected chi connectivity index (χ2v) is 6.85. The molecule has 1 saturated heterocycles. The number of carbonyl (C=O) groups excluding carboxylic acids is 1. The normalized spacial score (nSPS) is 16.9. The predicted octanol–water partition coefficient (Wildman–Crippen LogP) is 2.10. The number of nitrogens with zero attached hydrogens (tertiary/aromatic N) is 1. The van der Waals surface area contributed by atoms with Crippen molar-refractivity contribution in [1.82, 2.24) is 10.2 Å². The fraction of sp³-hybridized carbons (Fsp3) is 0.600. The third-order valence-corrected chi connectivity index (χ3v) is 5.17. The Morgan fingerprint density at radius 3 is 2.62 bits per heavy atom. The van der Waals surface area contributed by atoms with Gasteiger partial charge in [-0.25, -0.2) is 4.79 Å². The number of carbonyl (C=O) groups is 2. The molecule has 2 rings (SSSR count). The van der Waals surface area contributed by atoms with Crippen LogP contribution in [-0.4, -0.2) is 42.0 Å². The van der Waals surface area contributed by atoms with E-state index in [1.807, 2.05) is 6.92 Å². The lowest BCUT2D eigenvalue weighted by molar-refractivity contribution is -0.121. The van der Waals surface area contributed by atoms with Gasteiger partial charge in [0.25, 0.3) is 0 Å². The quantitative estimate of drug-likeness (QED) is 0.874. The number of likely N-dealkylation sites (tertiary alicyclic amines) is 1. The lowest BCUT2D eigenvalue weighted by Crippen LogP contribution is -2.35. The molecule has 116 valence electrons. The number of thiophene rings is 1. The van der Waals surface area contributed by atoms with Gasteiger partial charge >= 0.3 is 5.97 Å². The van der Waals surface area contributed by atoms with Crippen LogP contribution in [0.25, 0.3) is 0 Å². The molecule has 0 bridgehead atoms. The van der Waals surface area contributed by atoms with E-state index in [1.54, 1.807) is 13.1 Å². The molecule has 1 fully saturated rings. The second-order valence-electron chi connectivity index (χ2n) is 5.59. The van der Waals surface area contributed by atoms with Gasteiger partial charge in [-0.05, 0) is 50.4 Å². The minimum Gasteiger partial charge on any atom is -0.477 e. The summed E-state index contributed by atoms with van der Waals surface area (Å²) in [4.78, 5) is 26.2. The van der Waals surface area contributed by atoms with Crippen molar-refractivity contribution in [2.75, 3.05) is 20.1 Å². The van der Waals surface area contributed by atoms with Gasteiger partial charge in [0.2, 0.25) is 5.91 Å². The lowest BCUT2D eigenvalue weighted by Gasteiger charge is -2.31. The van der Waals surface area contributed by atoms with E-state index in [2.05, 4.69) is 10.2 Å². The molecule has 1 aromatic rings. The highest BCUT2D eigenvalue weighted by molar-refractivity contribution is 7.14. The Hall–Kier alpha value is -1.40. The van der Waals surface area contributed by atoms with Crippen LogP contribution in [0.4, 0.5) is 0 Å². The molecule has 2 heterocycles. The van der Waals surface area contributed by atoms with Crippen LogP contribution >= 0.6 is 11.3 Å². The molecule has 0 aromatic carbocycles. The largest absolute Gasteiger partial charge is 0.477 e. The number of aryl methyl sites for hydroxylation is 1. The Labute approximate surface area is 129 Å². The first kappa shape index (κ1) is 16.0. The summed E-state index contributed by atoms with van der Waals surface area (Å²) in [6.45, 7) is 4.73. The molecule has 0 radical (unpaired) electrons. The molecule has 1 aliphatic heterocycles. The van der Waals surface area contributed by atoms with E-state index in [-0.39, 0.29) is 5.91 Å². The number of carboxylic acid groups (broad SMARTS) is 1. The van der Waals surface area contributed by atoms with Gasteiger partial charge < -0.3 is 10.4 Å². The van der Waals surface area contributed by atoms with E-state index in [1.165, 1.54) is 11.3 Å². The predicted molar refractivity (Wildman–Crippen MR) is 82.7 cm³/mol. The van der Waals surface area contributed by atoms with E-state index >= 15 is 0 Å². The third kappa shape index (κ3) is 4.28. The van der Waals surface area contributed by atoms with Crippen LogP contribution in [0, 0.1) is 12.8 Å². The van der Waals surface area contributed by atoms with Crippen molar-refractivity contribution >= 4 is 23.2 Å². The average Bonchev–Trinajstić information content (AvgIpc) is 2.82. The van der Waals surface area contributed by atoms with E-state index in [0.29, 0.717) is 17.2 Å². The smallest absolute Gasteiger partial charge is 0.345 e. The summed E-state index contributed by atoms with van der Waals surface area (Å²) in [6.07, 6.45) is 2.68. The summed E-state index contributed by atoms with van der Waals surface area (Å²) >= 11 is 1.34. The van der Waals surface area contributed by atoms with Gasteiger partial charge in [0.05, 0.1) is 0 Å². The van der Waals surface area contributed by atoms with Crippen LogP contribution in [0.15, 0.2) is 6.07 Å². The summed E-state index contributed by atoms with van der Waals surface area (Å²) in [5.74, 6) is -0.258. The molecule has 21 heavy (non-hydrogen) atoms. The zero-order valence-electron chi connectivity index (χ0n) is 12.5. The number of hydrogen-bond acceptors (Lipinski definition) is 4. The zero-order valence-corrected chi connectivity index (χ0v) is 13.3. The van der Waals surface area contributed by atoms with Crippen molar-refractivity contribution in [1.29, 1.82) is 0 Å². The highest BCUT2D eigenvalue weighted by atomic mass is 32.1. The Kier molecular flexibility index (Phi) is 5.36. The van der Waals surface area contributed by atoms with Gasteiger partial charge in [-0.3, -0.25) is 9.69 Å². The van der Waals surface area contributed by atoms with Gasteiger partial charge in [0.15, 0.2) is 0 Å². The maximum absolute atomic E-state index is 11.4. The highest BCUT2D eigenvalue weighted by Crippen LogP contribution is 2.26. The molecule has 0 aliphatic carbocycles. The molecule has 1 aromatic heterocycles. The molecular formula is C15H22N2O3S. The van der Waals surface area contributed by atoms with Crippen molar-refractivity contribution in [2.45, 2.75) is 32.7 Å². The number of rotatable bonds is 5.